The molecule has 6 rings (SSSR count). The number of carbonyl (C=O) groups is 1. The van der Waals surface area contributed by atoms with E-state index in [-0.39, 0.29) is 83.6 Å². The molecule has 342 valence electrons. The molecule has 1 amide bonds. The van der Waals surface area contributed by atoms with Gasteiger partial charge in [-0.25, -0.2) is 4.79 Å². The molecule has 13 heteroatoms. The zero-order valence-corrected chi connectivity index (χ0v) is 37.1. The third kappa shape index (κ3) is 11.7. The van der Waals surface area contributed by atoms with Crippen LogP contribution in [0.5, 0.6) is 17.2 Å². The Balaban J connectivity index is 1.47. The minimum Gasteiger partial charge on any atom is -0.459 e. The number of fused-ring (bicyclic) bond motifs is 2. The van der Waals surface area contributed by atoms with Crippen molar-refractivity contribution in [2.75, 3.05) is 66.5 Å². The van der Waals surface area contributed by atoms with E-state index in [1.165, 1.54) is 12.7 Å². The second-order valence-corrected chi connectivity index (χ2v) is 16.5. The summed E-state index contributed by atoms with van der Waals surface area (Å²) in [4.78, 5) is 21.7. The van der Waals surface area contributed by atoms with Crippen LogP contribution in [-0.4, -0.2) is 110 Å². The molecule has 2 aliphatic carbocycles. The van der Waals surface area contributed by atoms with Crippen molar-refractivity contribution in [1.29, 1.82) is 0 Å². The molecule has 0 spiro atoms. The number of aryl methyl sites for hydroxylation is 2. The van der Waals surface area contributed by atoms with E-state index < -0.39 is 23.8 Å². The smallest absolute Gasteiger partial charge is 0.410 e. The van der Waals surface area contributed by atoms with Crippen LogP contribution in [0.4, 0.5) is 4.79 Å². The summed E-state index contributed by atoms with van der Waals surface area (Å²) < 4.78 is 38.5. The molecule has 13 nitrogen and oxygen atoms in total. The molecule has 63 heavy (non-hydrogen) atoms. The molecule has 1 heterocycles. The maximum absolute atomic E-state index is 14.6. The van der Waals surface area contributed by atoms with Gasteiger partial charge in [0.1, 0.15) is 37.0 Å². The Morgan fingerprint density at radius 3 is 2.38 bits per heavy atom. The van der Waals surface area contributed by atoms with Crippen molar-refractivity contribution < 1.29 is 53.4 Å². The Labute approximate surface area is 372 Å². The monoisotopic (exact) mass is 870 g/mol. The Morgan fingerprint density at radius 2 is 1.65 bits per heavy atom. The fourth-order valence-electron chi connectivity index (χ4n) is 9.47. The fourth-order valence-corrected chi connectivity index (χ4v) is 9.47. The highest BCUT2D eigenvalue weighted by Gasteiger charge is 2.65. The van der Waals surface area contributed by atoms with Crippen LogP contribution in [0.1, 0.15) is 73.1 Å². The van der Waals surface area contributed by atoms with Crippen LogP contribution in [0.3, 0.4) is 0 Å². The number of amides is 1. The normalized spacial score (nSPS) is 22.9. The number of ether oxygens (including phenoxy) is 6. The van der Waals surface area contributed by atoms with E-state index in [4.69, 9.17) is 33.3 Å². The van der Waals surface area contributed by atoms with Gasteiger partial charge in [-0.3, -0.25) is 4.90 Å². The molecule has 3 aromatic carbocycles. The van der Waals surface area contributed by atoms with Crippen molar-refractivity contribution in [2.45, 2.75) is 83.1 Å². The first-order valence-electron chi connectivity index (χ1n) is 22.4. The third-order valence-electron chi connectivity index (χ3n) is 12.4. The maximum atomic E-state index is 14.6. The van der Waals surface area contributed by atoms with Gasteiger partial charge in [-0.2, -0.15) is 0 Å². The SMILES string of the molecule is C=CCOC12Oc3ccc(Oc4ccc(C)c(C)c4)cc3C3C(CCCCO)C(CCCCO)C=C(C(=NOC)CC1N(CCOCCO)C(=O)OCCOCc1ccccc1)C32. The van der Waals surface area contributed by atoms with Crippen LogP contribution >= 0.6 is 0 Å². The Morgan fingerprint density at radius 1 is 0.889 bits per heavy atom. The van der Waals surface area contributed by atoms with Crippen molar-refractivity contribution in [3.05, 3.63) is 113 Å². The van der Waals surface area contributed by atoms with Crippen LogP contribution in [0, 0.1) is 31.6 Å². The lowest BCUT2D eigenvalue weighted by Crippen LogP contribution is -2.70. The van der Waals surface area contributed by atoms with E-state index in [1.54, 1.807) is 11.0 Å². The van der Waals surface area contributed by atoms with E-state index in [0.717, 1.165) is 53.7 Å². The number of allylic oxidation sites excluding steroid dienone is 1. The zero-order chi connectivity index (χ0) is 44.6. The first-order valence-corrected chi connectivity index (χ1v) is 22.4. The Hall–Kier alpha value is -4.76. The molecular weight excluding hydrogens is 805 g/mol. The summed E-state index contributed by atoms with van der Waals surface area (Å²) in [6, 6.07) is 20.9. The molecule has 3 aliphatic rings. The molecule has 6 unspecified atom stereocenters. The summed E-state index contributed by atoms with van der Waals surface area (Å²) in [5, 5.41) is 34.0. The van der Waals surface area contributed by atoms with E-state index in [0.29, 0.717) is 36.7 Å². The predicted octanol–water partition coefficient (Wildman–Crippen LogP) is 8.02. The van der Waals surface area contributed by atoms with E-state index in [2.05, 4.69) is 37.7 Å². The first-order chi connectivity index (χ1) is 30.8. The Bertz CT molecular complexity index is 1990. The first kappa shape index (κ1) is 47.7. The van der Waals surface area contributed by atoms with Crippen molar-refractivity contribution in [3.8, 4) is 17.2 Å². The summed E-state index contributed by atoms with van der Waals surface area (Å²) in [6.07, 6.45) is 8.10. The number of nitrogens with zero attached hydrogens (tertiary/aromatic N) is 2. The molecule has 3 aromatic rings. The number of benzene rings is 3. The standard InChI is InChI=1S/C50H66N2O11/c1-5-25-61-50-46(52(21-26-58-27-24-55)49(56)60-29-28-59-34-37-13-7-6-8-14-37)33-44(51-57-4)42-31-38(15-9-11-22-53)41(16-10-12-23-54)47(48(42)50)43-32-40(19-20-45(43)63-50)62-39-18-17-35(2)36(3)30-39/h5-8,13-14,17-20,30-32,38,41,46-48,53-55H,1,9-12,15-16,21-29,33-34H2,2-4H3. The van der Waals surface area contributed by atoms with E-state index in [9.17, 15) is 20.1 Å². The number of rotatable bonds is 25. The molecule has 1 saturated carbocycles. The zero-order valence-electron chi connectivity index (χ0n) is 37.1. The molecule has 6 atom stereocenters. The molecule has 0 aromatic heterocycles. The molecule has 1 fully saturated rings. The molecule has 3 N–H and O–H groups in total. The molecule has 0 bridgehead atoms. The highest BCUT2D eigenvalue weighted by atomic mass is 16.7. The van der Waals surface area contributed by atoms with Crippen LogP contribution in [0.15, 0.2) is 96.2 Å². The lowest BCUT2D eigenvalue weighted by atomic mass is 9.55. The van der Waals surface area contributed by atoms with Crippen LogP contribution in [0.2, 0.25) is 0 Å². The summed E-state index contributed by atoms with van der Waals surface area (Å²) in [5.74, 6) is -0.141. The summed E-state index contributed by atoms with van der Waals surface area (Å²) in [6.45, 7) is 9.10. The molecule has 0 radical (unpaired) electrons. The molecule has 1 aliphatic heterocycles. The number of hydrogen-bond acceptors (Lipinski definition) is 12. The van der Waals surface area contributed by atoms with Gasteiger partial charge in [-0.1, -0.05) is 66.5 Å². The largest absolute Gasteiger partial charge is 0.459 e. The van der Waals surface area contributed by atoms with Gasteiger partial charge in [0.2, 0.25) is 5.79 Å². The molecular formula is C50H66N2O11. The fraction of sp³-hybridized carbons (Fsp3) is 0.520. The molecule has 0 saturated heterocycles. The van der Waals surface area contributed by atoms with Gasteiger partial charge in [-0.05, 0) is 104 Å². The van der Waals surface area contributed by atoms with Crippen molar-refractivity contribution in [3.63, 3.8) is 0 Å². The van der Waals surface area contributed by atoms with Crippen molar-refractivity contribution in [2.24, 2.45) is 22.9 Å². The van der Waals surface area contributed by atoms with Crippen LogP contribution in [-0.2, 0) is 30.4 Å². The Kier molecular flexibility index (Phi) is 18.0. The lowest BCUT2D eigenvalue weighted by Gasteiger charge is -2.59. The van der Waals surface area contributed by atoms with E-state index >= 15 is 0 Å². The maximum Gasteiger partial charge on any atom is 0.410 e. The van der Waals surface area contributed by atoms with Gasteiger partial charge in [0.05, 0.1) is 51.3 Å². The number of aliphatic hydroxyl groups is 3. The van der Waals surface area contributed by atoms with Crippen LogP contribution < -0.4 is 9.47 Å². The van der Waals surface area contributed by atoms with E-state index in [1.807, 2.05) is 60.7 Å². The average Bonchev–Trinajstić information content (AvgIpc) is 3.29. The van der Waals surface area contributed by atoms with Gasteiger partial charge in [0.25, 0.3) is 0 Å². The minimum absolute atomic E-state index is 0.00144. The minimum atomic E-state index is -1.48. The van der Waals surface area contributed by atoms with Gasteiger partial charge in [-0.15, -0.1) is 6.58 Å². The van der Waals surface area contributed by atoms with Crippen molar-refractivity contribution in [1.82, 2.24) is 4.90 Å². The number of hydrogen-bond donors (Lipinski definition) is 3. The number of aliphatic hydroxyl groups excluding tert-OH is 3. The topological polar surface area (TPSA) is 158 Å². The number of oxime groups is 1. The van der Waals surface area contributed by atoms with Gasteiger partial charge < -0.3 is 48.6 Å². The highest BCUT2D eigenvalue weighted by Crippen LogP contribution is 2.62. The van der Waals surface area contributed by atoms with Crippen LogP contribution in [0.25, 0.3) is 0 Å². The number of unbranched alkanes of at least 4 members (excludes halogenated alkanes) is 2. The average molecular weight is 871 g/mol. The predicted molar refractivity (Wildman–Crippen MR) is 240 cm³/mol. The summed E-state index contributed by atoms with van der Waals surface area (Å²) >= 11 is 0. The number of carbonyl (C=O) groups excluding carboxylic acids is 1. The second kappa shape index (κ2) is 23.8. The summed E-state index contributed by atoms with van der Waals surface area (Å²) in [7, 11) is 1.52. The van der Waals surface area contributed by atoms with Gasteiger partial charge >= 0.3 is 6.09 Å². The lowest BCUT2D eigenvalue weighted by molar-refractivity contribution is -0.256. The van der Waals surface area contributed by atoms with Gasteiger partial charge in [0.15, 0.2) is 0 Å². The second-order valence-electron chi connectivity index (χ2n) is 16.5. The van der Waals surface area contributed by atoms with Crippen molar-refractivity contribution >= 4 is 11.8 Å². The summed E-state index contributed by atoms with van der Waals surface area (Å²) in [5.41, 5.74) is 5.82. The highest BCUT2D eigenvalue weighted by molar-refractivity contribution is 6.03. The third-order valence-corrected chi connectivity index (χ3v) is 12.4. The van der Waals surface area contributed by atoms with Gasteiger partial charge in [0, 0.05) is 37.7 Å². The quantitative estimate of drug-likeness (QED) is 0.0430.